The van der Waals surface area contributed by atoms with Gasteiger partial charge in [-0.3, -0.25) is 4.90 Å². The van der Waals surface area contributed by atoms with Crippen molar-refractivity contribution in [2.75, 3.05) is 64.6 Å². The monoisotopic (exact) mass is 348 g/mol. The van der Waals surface area contributed by atoms with E-state index < -0.39 is 11.7 Å². The Morgan fingerprint density at radius 3 is 2.42 bits per heavy atom. The topological polar surface area (TPSA) is 45.2 Å². The fraction of sp³-hybridized carbons (Fsp3) is 0.625. The van der Waals surface area contributed by atoms with Gasteiger partial charge in [0.05, 0.1) is 18.8 Å². The molecule has 2 rings (SSSR count). The van der Waals surface area contributed by atoms with Gasteiger partial charge in [-0.15, -0.1) is 0 Å². The standard InChI is InChI=1S/C16H23F3N2O3/c1-23-10-11-24-13-2-3-15(14(12-13)16(17,18)19)21-6-4-20(5-7-21)8-9-22/h2-3,12,22H,4-11H2,1H3. The van der Waals surface area contributed by atoms with Crippen LogP contribution in [0.4, 0.5) is 18.9 Å². The molecule has 0 saturated carbocycles. The minimum atomic E-state index is -4.45. The number of anilines is 1. The van der Waals surface area contributed by atoms with Crippen molar-refractivity contribution in [1.29, 1.82) is 0 Å². The van der Waals surface area contributed by atoms with Crippen LogP contribution in [0, 0.1) is 0 Å². The summed E-state index contributed by atoms with van der Waals surface area (Å²) in [5, 5.41) is 8.94. The number of alkyl halides is 3. The molecule has 8 heteroatoms. The van der Waals surface area contributed by atoms with E-state index in [9.17, 15) is 13.2 Å². The molecule has 0 atom stereocenters. The summed E-state index contributed by atoms with van der Waals surface area (Å²) in [7, 11) is 1.50. The molecule has 0 bridgehead atoms. The van der Waals surface area contributed by atoms with Crippen LogP contribution in [0.5, 0.6) is 5.75 Å². The first kappa shape index (κ1) is 18.8. The lowest BCUT2D eigenvalue weighted by Crippen LogP contribution is -2.47. The van der Waals surface area contributed by atoms with E-state index in [1.54, 1.807) is 11.0 Å². The summed E-state index contributed by atoms with van der Waals surface area (Å²) < 4.78 is 50.4. The van der Waals surface area contributed by atoms with E-state index in [-0.39, 0.29) is 24.7 Å². The highest BCUT2D eigenvalue weighted by Crippen LogP contribution is 2.39. The minimum Gasteiger partial charge on any atom is -0.491 e. The van der Waals surface area contributed by atoms with Crippen LogP contribution in [-0.4, -0.2) is 69.7 Å². The number of hydrogen-bond donors (Lipinski definition) is 1. The lowest BCUT2D eigenvalue weighted by molar-refractivity contribution is -0.137. The van der Waals surface area contributed by atoms with Gasteiger partial charge in [0.1, 0.15) is 12.4 Å². The van der Waals surface area contributed by atoms with Crippen LogP contribution >= 0.6 is 0 Å². The molecule has 0 aromatic heterocycles. The van der Waals surface area contributed by atoms with E-state index in [2.05, 4.69) is 0 Å². The zero-order valence-corrected chi connectivity index (χ0v) is 13.7. The lowest BCUT2D eigenvalue weighted by Gasteiger charge is -2.37. The number of rotatable bonds is 7. The SMILES string of the molecule is COCCOc1ccc(N2CCN(CCO)CC2)c(C(F)(F)F)c1. The van der Waals surface area contributed by atoms with E-state index >= 15 is 0 Å². The predicted molar refractivity (Wildman–Crippen MR) is 84.6 cm³/mol. The smallest absolute Gasteiger partial charge is 0.418 e. The molecule has 0 spiro atoms. The molecule has 0 unspecified atom stereocenters. The molecule has 5 nitrogen and oxygen atoms in total. The van der Waals surface area contributed by atoms with Gasteiger partial charge < -0.3 is 19.5 Å². The second-order valence-electron chi connectivity index (χ2n) is 5.57. The van der Waals surface area contributed by atoms with Crippen molar-refractivity contribution in [3.05, 3.63) is 23.8 Å². The van der Waals surface area contributed by atoms with Gasteiger partial charge in [-0.05, 0) is 18.2 Å². The minimum absolute atomic E-state index is 0.0569. The highest BCUT2D eigenvalue weighted by atomic mass is 19.4. The molecule has 1 aliphatic heterocycles. The van der Waals surface area contributed by atoms with Crippen LogP contribution < -0.4 is 9.64 Å². The summed E-state index contributed by atoms with van der Waals surface area (Å²) in [5.41, 5.74) is -0.515. The number of hydrogen-bond acceptors (Lipinski definition) is 5. The summed E-state index contributed by atoms with van der Waals surface area (Å²) >= 11 is 0. The number of benzene rings is 1. The Morgan fingerprint density at radius 2 is 1.83 bits per heavy atom. The third-order valence-corrected chi connectivity index (χ3v) is 3.96. The average molecular weight is 348 g/mol. The molecule has 0 amide bonds. The molecule has 1 aliphatic rings. The van der Waals surface area contributed by atoms with Crippen LogP contribution in [0.2, 0.25) is 0 Å². The van der Waals surface area contributed by atoms with Crippen molar-refractivity contribution in [2.45, 2.75) is 6.18 Å². The number of β-amino-alcohol motifs (C(OH)–C–C–N with tert-alkyl or cyclic N) is 1. The fourth-order valence-corrected chi connectivity index (χ4v) is 2.70. The molecular weight excluding hydrogens is 325 g/mol. The Kier molecular flexibility index (Phi) is 6.70. The van der Waals surface area contributed by atoms with Crippen molar-refractivity contribution in [3.63, 3.8) is 0 Å². The molecule has 1 N–H and O–H groups in total. The van der Waals surface area contributed by atoms with Crippen molar-refractivity contribution in [3.8, 4) is 5.75 Å². The maximum absolute atomic E-state index is 13.4. The Morgan fingerprint density at radius 1 is 1.12 bits per heavy atom. The normalized spacial score (nSPS) is 16.5. The largest absolute Gasteiger partial charge is 0.491 e. The van der Waals surface area contributed by atoms with E-state index in [0.29, 0.717) is 39.3 Å². The quantitative estimate of drug-likeness (QED) is 0.762. The van der Waals surface area contributed by atoms with E-state index in [1.807, 2.05) is 4.90 Å². The Hall–Kier alpha value is -1.51. The third kappa shape index (κ3) is 4.99. The molecule has 0 radical (unpaired) electrons. The van der Waals surface area contributed by atoms with Crippen molar-refractivity contribution >= 4 is 5.69 Å². The average Bonchev–Trinajstić information content (AvgIpc) is 2.55. The van der Waals surface area contributed by atoms with Gasteiger partial charge >= 0.3 is 6.18 Å². The molecular formula is C16H23F3N2O3. The number of halogens is 3. The molecule has 1 saturated heterocycles. The maximum atomic E-state index is 13.4. The van der Waals surface area contributed by atoms with Crippen molar-refractivity contribution in [2.24, 2.45) is 0 Å². The summed E-state index contributed by atoms with van der Waals surface area (Å²) in [4.78, 5) is 3.77. The zero-order valence-electron chi connectivity index (χ0n) is 13.7. The summed E-state index contributed by atoms with van der Waals surface area (Å²) in [5.74, 6) is 0.182. The lowest BCUT2D eigenvalue weighted by atomic mass is 10.1. The predicted octanol–water partition coefficient (Wildman–Crippen LogP) is 1.84. The van der Waals surface area contributed by atoms with Crippen LogP contribution in [0.15, 0.2) is 18.2 Å². The highest BCUT2D eigenvalue weighted by molar-refractivity contribution is 5.58. The Balaban J connectivity index is 2.14. The summed E-state index contributed by atoms with van der Waals surface area (Å²) in [6.07, 6.45) is -4.45. The molecule has 0 aliphatic carbocycles. The molecule has 1 fully saturated rings. The molecule has 136 valence electrons. The maximum Gasteiger partial charge on any atom is 0.418 e. The molecule has 1 heterocycles. The number of nitrogens with zero attached hydrogens (tertiary/aromatic N) is 2. The van der Waals surface area contributed by atoms with Gasteiger partial charge in [-0.1, -0.05) is 0 Å². The first-order valence-corrected chi connectivity index (χ1v) is 7.87. The third-order valence-electron chi connectivity index (χ3n) is 3.96. The summed E-state index contributed by atoms with van der Waals surface area (Å²) in [6, 6.07) is 4.07. The van der Waals surface area contributed by atoms with E-state index in [4.69, 9.17) is 14.6 Å². The van der Waals surface area contributed by atoms with E-state index in [0.717, 1.165) is 6.07 Å². The van der Waals surface area contributed by atoms with Gasteiger partial charge in [0.15, 0.2) is 0 Å². The highest BCUT2D eigenvalue weighted by Gasteiger charge is 2.36. The van der Waals surface area contributed by atoms with Crippen molar-refractivity contribution in [1.82, 2.24) is 4.90 Å². The van der Waals surface area contributed by atoms with Crippen LogP contribution in [-0.2, 0) is 10.9 Å². The second-order valence-corrected chi connectivity index (χ2v) is 5.57. The van der Waals surface area contributed by atoms with Gasteiger partial charge in [0.2, 0.25) is 0 Å². The van der Waals surface area contributed by atoms with Gasteiger partial charge in [0.25, 0.3) is 0 Å². The van der Waals surface area contributed by atoms with Crippen molar-refractivity contribution < 1.29 is 27.8 Å². The van der Waals surface area contributed by atoms with Gasteiger partial charge in [-0.25, -0.2) is 0 Å². The number of ether oxygens (including phenoxy) is 2. The second kappa shape index (κ2) is 8.55. The molecule has 1 aromatic carbocycles. The van der Waals surface area contributed by atoms with Crippen LogP contribution in [0.25, 0.3) is 0 Å². The van der Waals surface area contributed by atoms with E-state index in [1.165, 1.54) is 13.2 Å². The first-order valence-electron chi connectivity index (χ1n) is 7.87. The number of aliphatic hydroxyl groups excluding tert-OH is 1. The first-order chi connectivity index (χ1) is 11.5. The number of aliphatic hydroxyl groups is 1. The summed E-state index contributed by atoms with van der Waals surface area (Å²) in [6.45, 7) is 3.37. The van der Waals surface area contributed by atoms with Gasteiger partial charge in [-0.2, -0.15) is 13.2 Å². The number of piperazine rings is 1. The molecule has 24 heavy (non-hydrogen) atoms. The number of methoxy groups -OCH3 is 1. The zero-order chi connectivity index (χ0) is 17.6. The Bertz CT molecular complexity index is 518. The van der Waals surface area contributed by atoms with Crippen LogP contribution in [0.3, 0.4) is 0 Å². The van der Waals surface area contributed by atoms with Crippen LogP contribution in [0.1, 0.15) is 5.56 Å². The fourth-order valence-electron chi connectivity index (χ4n) is 2.70. The van der Waals surface area contributed by atoms with Gasteiger partial charge in [0, 0.05) is 45.5 Å². The molecule has 1 aromatic rings. The Labute approximate surface area is 139 Å².